The van der Waals surface area contributed by atoms with Gasteiger partial charge in [0.15, 0.2) is 6.04 Å². The molecule has 1 saturated heterocycles. The highest BCUT2D eigenvalue weighted by Gasteiger charge is 2.52. The standard InChI is InChI=1S/C16H27BN2O4/c1-14(2,3)12(13(20)21-8)19-10-11(9-18-19)17-22-15(4,5)16(6,7)23-17/h9-10,12H,1-8H3. The normalized spacial score (nSPS) is 21.3. The second-order valence-corrected chi connectivity index (χ2v) is 8.13. The minimum atomic E-state index is -0.510. The quantitative estimate of drug-likeness (QED) is 0.629. The molecule has 0 aromatic carbocycles. The molecule has 7 heteroatoms. The molecular formula is C16H27BN2O4. The summed E-state index contributed by atoms with van der Waals surface area (Å²) in [5.41, 5.74) is -0.356. The average Bonchev–Trinajstić information content (AvgIpc) is 2.91. The van der Waals surface area contributed by atoms with Gasteiger partial charge in [0.1, 0.15) is 0 Å². The van der Waals surface area contributed by atoms with E-state index in [4.69, 9.17) is 14.0 Å². The summed E-state index contributed by atoms with van der Waals surface area (Å²) in [6.07, 6.45) is 3.48. The van der Waals surface area contributed by atoms with E-state index in [1.807, 2.05) is 48.5 Å². The van der Waals surface area contributed by atoms with Crippen LogP contribution in [0.4, 0.5) is 0 Å². The van der Waals surface area contributed by atoms with Gasteiger partial charge in [-0.2, -0.15) is 5.10 Å². The molecule has 1 aromatic rings. The summed E-state index contributed by atoms with van der Waals surface area (Å²) in [5, 5.41) is 4.35. The summed E-state index contributed by atoms with van der Waals surface area (Å²) in [5.74, 6) is -0.318. The molecule has 128 valence electrons. The van der Waals surface area contributed by atoms with Crippen molar-refractivity contribution in [3.8, 4) is 0 Å². The van der Waals surface area contributed by atoms with Crippen LogP contribution in [-0.2, 0) is 18.8 Å². The first-order chi connectivity index (χ1) is 10.4. The Balaban J connectivity index is 2.29. The van der Waals surface area contributed by atoms with Crippen LogP contribution < -0.4 is 5.46 Å². The zero-order valence-electron chi connectivity index (χ0n) is 15.3. The molecule has 2 heterocycles. The minimum Gasteiger partial charge on any atom is -0.467 e. The molecule has 1 aliphatic heterocycles. The Kier molecular flexibility index (Phi) is 4.41. The molecule has 6 nitrogen and oxygen atoms in total. The third-order valence-electron chi connectivity index (χ3n) is 4.66. The Morgan fingerprint density at radius 3 is 2.22 bits per heavy atom. The number of hydrogen-bond donors (Lipinski definition) is 0. The van der Waals surface area contributed by atoms with Crippen LogP contribution in [0.25, 0.3) is 0 Å². The molecular weight excluding hydrogens is 295 g/mol. The first kappa shape index (κ1) is 18.0. The smallest absolute Gasteiger partial charge is 0.467 e. The summed E-state index contributed by atoms with van der Waals surface area (Å²) in [6, 6.07) is -0.510. The lowest BCUT2D eigenvalue weighted by Crippen LogP contribution is -2.41. The van der Waals surface area contributed by atoms with Crippen molar-refractivity contribution in [1.29, 1.82) is 0 Å². The van der Waals surface area contributed by atoms with E-state index >= 15 is 0 Å². The topological polar surface area (TPSA) is 62.6 Å². The molecule has 1 fully saturated rings. The van der Waals surface area contributed by atoms with Crippen molar-refractivity contribution >= 4 is 18.6 Å². The average molecular weight is 322 g/mol. The van der Waals surface area contributed by atoms with E-state index in [-0.39, 0.29) is 11.4 Å². The van der Waals surface area contributed by atoms with Crippen LogP contribution in [0.3, 0.4) is 0 Å². The molecule has 2 rings (SSSR count). The molecule has 0 saturated carbocycles. The van der Waals surface area contributed by atoms with E-state index in [1.54, 1.807) is 17.1 Å². The largest absolute Gasteiger partial charge is 0.498 e. The number of carbonyl (C=O) groups excluding carboxylic acids is 1. The summed E-state index contributed by atoms with van der Waals surface area (Å²) in [6.45, 7) is 13.9. The van der Waals surface area contributed by atoms with Crippen molar-refractivity contribution in [2.24, 2.45) is 5.41 Å². The molecule has 1 unspecified atom stereocenters. The van der Waals surface area contributed by atoms with Crippen LogP contribution in [0.5, 0.6) is 0 Å². The Bertz CT molecular complexity index is 573. The molecule has 0 aliphatic carbocycles. The van der Waals surface area contributed by atoms with Gasteiger partial charge in [0.25, 0.3) is 0 Å². The van der Waals surface area contributed by atoms with Crippen LogP contribution in [0.2, 0.25) is 0 Å². The van der Waals surface area contributed by atoms with Gasteiger partial charge in [-0.05, 0) is 33.1 Å². The van der Waals surface area contributed by atoms with Crippen molar-refractivity contribution < 1.29 is 18.8 Å². The molecule has 0 bridgehead atoms. The summed E-state index contributed by atoms with van der Waals surface area (Å²) >= 11 is 0. The Labute approximate surface area is 138 Å². The van der Waals surface area contributed by atoms with Crippen molar-refractivity contribution in [1.82, 2.24) is 9.78 Å². The lowest BCUT2D eigenvalue weighted by Gasteiger charge is -2.32. The van der Waals surface area contributed by atoms with Crippen LogP contribution in [0, 0.1) is 5.41 Å². The number of esters is 1. The van der Waals surface area contributed by atoms with Gasteiger partial charge in [-0.15, -0.1) is 0 Å². The summed E-state index contributed by atoms with van der Waals surface area (Å²) < 4.78 is 18.6. The van der Waals surface area contributed by atoms with Crippen LogP contribution in [0.15, 0.2) is 12.4 Å². The monoisotopic (exact) mass is 322 g/mol. The fourth-order valence-corrected chi connectivity index (χ4v) is 2.56. The van der Waals surface area contributed by atoms with Crippen LogP contribution in [-0.4, -0.2) is 41.2 Å². The number of nitrogens with zero attached hydrogens (tertiary/aromatic N) is 2. The Morgan fingerprint density at radius 1 is 1.26 bits per heavy atom. The van der Waals surface area contributed by atoms with Crippen molar-refractivity contribution in [2.45, 2.75) is 65.7 Å². The van der Waals surface area contributed by atoms with E-state index in [1.165, 1.54) is 7.11 Å². The molecule has 0 amide bonds. The fraction of sp³-hybridized carbons (Fsp3) is 0.750. The maximum Gasteiger partial charge on any atom is 0.498 e. The predicted molar refractivity (Wildman–Crippen MR) is 88.5 cm³/mol. The van der Waals surface area contributed by atoms with Gasteiger partial charge in [-0.3, -0.25) is 4.68 Å². The molecule has 23 heavy (non-hydrogen) atoms. The van der Waals surface area contributed by atoms with Gasteiger partial charge in [0.05, 0.1) is 18.3 Å². The van der Waals surface area contributed by atoms with Crippen LogP contribution >= 0.6 is 0 Å². The maximum atomic E-state index is 12.2. The fourth-order valence-electron chi connectivity index (χ4n) is 2.56. The summed E-state index contributed by atoms with van der Waals surface area (Å²) in [4.78, 5) is 12.2. The third kappa shape index (κ3) is 3.31. The van der Waals surface area contributed by atoms with E-state index in [2.05, 4.69) is 5.10 Å². The molecule has 0 spiro atoms. The number of carbonyl (C=O) groups is 1. The highest BCUT2D eigenvalue weighted by Crippen LogP contribution is 2.36. The van der Waals surface area contributed by atoms with E-state index in [0.717, 1.165) is 5.46 Å². The molecule has 1 aromatic heterocycles. The first-order valence-corrected chi connectivity index (χ1v) is 7.86. The number of methoxy groups -OCH3 is 1. The lowest BCUT2D eigenvalue weighted by atomic mass is 9.81. The zero-order chi connectivity index (χ0) is 17.6. The Morgan fingerprint density at radius 2 is 1.78 bits per heavy atom. The van der Waals surface area contributed by atoms with Crippen molar-refractivity contribution in [3.63, 3.8) is 0 Å². The highest BCUT2D eigenvalue weighted by atomic mass is 16.7. The number of rotatable bonds is 3. The van der Waals surface area contributed by atoms with Crippen LogP contribution in [0.1, 0.15) is 54.5 Å². The second-order valence-electron chi connectivity index (χ2n) is 8.13. The maximum absolute atomic E-state index is 12.2. The number of hydrogen-bond acceptors (Lipinski definition) is 5. The summed E-state index contributed by atoms with van der Waals surface area (Å²) in [7, 11) is 0.895. The predicted octanol–water partition coefficient (Wildman–Crippen LogP) is 1.94. The van der Waals surface area contributed by atoms with E-state index in [0.29, 0.717) is 0 Å². The molecule has 1 aliphatic rings. The molecule has 1 atom stereocenters. The number of ether oxygens (including phenoxy) is 1. The van der Waals surface area contributed by atoms with Crippen molar-refractivity contribution in [3.05, 3.63) is 12.4 Å². The van der Waals surface area contributed by atoms with Gasteiger partial charge in [-0.25, -0.2) is 4.79 Å². The van der Waals surface area contributed by atoms with Gasteiger partial charge in [0.2, 0.25) is 0 Å². The van der Waals surface area contributed by atoms with Crippen molar-refractivity contribution in [2.75, 3.05) is 7.11 Å². The van der Waals surface area contributed by atoms with Gasteiger partial charge < -0.3 is 14.0 Å². The first-order valence-electron chi connectivity index (χ1n) is 7.86. The van der Waals surface area contributed by atoms with Gasteiger partial charge in [0, 0.05) is 17.9 Å². The number of aromatic nitrogens is 2. The lowest BCUT2D eigenvalue weighted by molar-refractivity contribution is -0.148. The van der Waals surface area contributed by atoms with Gasteiger partial charge in [-0.1, -0.05) is 20.8 Å². The highest BCUT2D eigenvalue weighted by molar-refractivity contribution is 6.62. The zero-order valence-corrected chi connectivity index (χ0v) is 15.3. The second kappa shape index (κ2) is 5.63. The van der Waals surface area contributed by atoms with Gasteiger partial charge >= 0.3 is 13.1 Å². The van der Waals surface area contributed by atoms with E-state index in [9.17, 15) is 4.79 Å². The molecule has 0 N–H and O–H groups in total. The molecule has 0 radical (unpaired) electrons. The van der Waals surface area contributed by atoms with E-state index < -0.39 is 24.4 Å². The SMILES string of the molecule is COC(=O)C(n1cc(B2OC(C)(C)C(C)(C)O2)cn1)C(C)(C)C. The Hall–Kier alpha value is -1.34. The minimum absolute atomic E-state index is 0.318. The third-order valence-corrected chi connectivity index (χ3v) is 4.66.